The van der Waals surface area contributed by atoms with Gasteiger partial charge in [-0.3, -0.25) is 4.90 Å². The Bertz CT molecular complexity index is 271. The third kappa shape index (κ3) is 2.89. The van der Waals surface area contributed by atoms with E-state index < -0.39 is 0 Å². The molecule has 0 amide bonds. The fourth-order valence-corrected chi connectivity index (χ4v) is 3.58. The van der Waals surface area contributed by atoms with Crippen molar-refractivity contribution in [2.75, 3.05) is 52.9 Å². The van der Waals surface area contributed by atoms with Crippen LogP contribution in [0.15, 0.2) is 0 Å². The van der Waals surface area contributed by atoms with Gasteiger partial charge in [0.15, 0.2) is 0 Å². The van der Waals surface area contributed by atoms with Crippen LogP contribution in [-0.2, 0) is 0 Å². The maximum Gasteiger partial charge on any atom is 0.0183 e. The molecule has 0 atom stereocenters. The average molecular weight is 251 g/mol. The van der Waals surface area contributed by atoms with E-state index >= 15 is 0 Å². The third-order valence-electron chi connectivity index (χ3n) is 5.46. The predicted molar refractivity (Wildman–Crippen MR) is 75.9 cm³/mol. The van der Waals surface area contributed by atoms with Gasteiger partial charge in [0.2, 0.25) is 0 Å². The van der Waals surface area contributed by atoms with Gasteiger partial charge < -0.3 is 9.80 Å². The third-order valence-corrected chi connectivity index (χ3v) is 5.46. The first-order valence-electron chi connectivity index (χ1n) is 7.82. The molecule has 2 aliphatic heterocycles. The first kappa shape index (κ1) is 12.9. The molecule has 0 radical (unpaired) electrons. The normalized spacial score (nSPS) is 31.7. The highest BCUT2D eigenvalue weighted by Gasteiger charge is 2.43. The molecule has 0 unspecified atom stereocenters. The summed E-state index contributed by atoms with van der Waals surface area (Å²) in [5, 5.41) is 0. The van der Waals surface area contributed by atoms with Gasteiger partial charge >= 0.3 is 0 Å². The molecule has 0 spiro atoms. The lowest BCUT2D eigenvalue weighted by Crippen LogP contribution is -2.51. The standard InChI is InChI=1S/C15H29N3/c1-15(5-6-15)18-11-9-17(10-12-18)13-14-3-7-16(2)8-4-14/h14H,3-13H2,1-2H3. The van der Waals surface area contributed by atoms with Crippen molar-refractivity contribution in [2.45, 2.75) is 38.1 Å². The van der Waals surface area contributed by atoms with Crippen LogP contribution in [0.4, 0.5) is 0 Å². The SMILES string of the molecule is CN1CCC(CN2CCN(C3(C)CC3)CC2)CC1. The van der Waals surface area contributed by atoms with Crippen LogP contribution >= 0.6 is 0 Å². The topological polar surface area (TPSA) is 9.72 Å². The van der Waals surface area contributed by atoms with Gasteiger partial charge in [0.25, 0.3) is 0 Å². The fraction of sp³-hybridized carbons (Fsp3) is 1.00. The van der Waals surface area contributed by atoms with Gasteiger partial charge in [-0.05, 0) is 58.7 Å². The van der Waals surface area contributed by atoms with Gasteiger partial charge in [-0.1, -0.05) is 0 Å². The summed E-state index contributed by atoms with van der Waals surface area (Å²) in [5.74, 6) is 0.962. The quantitative estimate of drug-likeness (QED) is 0.752. The molecule has 2 saturated heterocycles. The lowest BCUT2D eigenvalue weighted by molar-refractivity contribution is 0.0725. The Labute approximate surface area is 112 Å². The Hall–Kier alpha value is -0.120. The largest absolute Gasteiger partial charge is 0.306 e. The molecule has 3 aliphatic rings. The molecule has 2 heterocycles. The maximum absolute atomic E-state index is 2.73. The van der Waals surface area contributed by atoms with E-state index in [0.29, 0.717) is 5.54 Å². The van der Waals surface area contributed by atoms with E-state index in [0.717, 1.165) is 5.92 Å². The van der Waals surface area contributed by atoms with Gasteiger partial charge in [-0.25, -0.2) is 0 Å². The van der Waals surface area contributed by atoms with Crippen LogP contribution in [0.3, 0.4) is 0 Å². The Morgan fingerprint density at radius 3 is 2.11 bits per heavy atom. The molecule has 1 aliphatic carbocycles. The average Bonchev–Trinajstić information content (AvgIpc) is 3.12. The Morgan fingerprint density at radius 2 is 1.56 bits per heavy atom. The van der Waals surface area contributed by atoms with Crippen molar-refractivity contribution < 1.29 is 0 Å². The summed E-state index contributed by atoms with van der Waals surface area (Å²) in [4.78, 5) is 7.93. The van der Waals surface area contributed by atoms with Gasteiger partial charge in [0.1, 0.15) is 0 Å². The van der Waals surface area contributed by atoms with E-state index in [1.54, 1.807) is 0 Å². The number of piperazine rings is 1. The summed E-state index contributed by atoms with van der Waals surface area (Å²) in [6.07, 6.45) is 5.69. The molecule has 18 heavy (non-hydrogen) atoms. The van der Waals surface area contributed by atoms with Crippen LogP contribution in [-0.4, -0.2) is 73.1 Å². The summed E-state index contributed by atoms with van der Waals surface area (Å²) in [6.45, 7) is 11.7. The van der Waals surface area contributed by atoms with Crippen molar-refractivity contribution in [3.8, 4) is 0 Å². The molecule has 0 N–H and O–H groups in total. The second-order valence-electron chi connectivity index (χ2n) is 7.03. The van der Waals surface area contributed by atoms with Gasteiger partial charge in [-0.15, -0.1) is 0 Å². The Kier molecular flexibility index (Phi) is 3.65. The maximum atomic E-state index is 2.73. The van der Waals surface area contributed by atoms with Crippen LogP contribution in [0.2, 0.25) is 0 Å². The molecule has 0 aromatic carbocycles. The summed E-state index contributed by atoms with van der Waals surface area (Å²) in [5.41, 5.74) is 0.597. The monoisotopic (exact) mass is 251 g/mol. The number of hydrogen-bond donors (Lipinski definition) is 0. The van der Waals surface area contributed by atoms with Crippen molar-refractivity contribution in [1.29, 1.82) is 0 Å². The fourth-order valence-electron chi connectivity index (χ4n) is 3.58. The van der Waals surface area contributed by atoms with Gasteiger partial charge in [0.05, 0.1) is 0 Å². The minimum absolute atomic E-state index is 0.597. The van der Waals surface area contributed by atoms with E-state index in [1.165, 1.54) is 71.5 Å². The molecule has 0 aromatic heterocycles. The number of rotatable bonds is 3. The van der Waals surface area contributed by atoms with Crippen LogP contribution < -0.4 is 0 Å². The highest BCUT2D eigenvalue weighted by Crippen LogP contribution is 2.41. The number of hydrogen-bond acceptors (Lipinski definition) is 3. The minimum atomic E-state index is 0.597. The minimum Gasteiger partial charge on any atom is -0.306 e. The Morgan fingerprint density at radius 1 is 0.944 bits per heavy atom. The predicted octanol–water partition coefficient (Wildman–Crippen LogP) is 1.50. The molecule has 3 nitrogen and oxygen atoms in total. The van der Waals surface area contributed by atoms with Gasteiger partial charge in [0, 0.05) is 38.3 Å². The first-order valence-corrected chi connectivity index (χ1v) is 7.82. The smallest absolute Gasteiger partial charge is 0.0183 e. The molecule has 3 fully saturated rings. The number of piperidine rings is 1. The second kappa shape index (κ2) is 5.10. The zero-order chi connectivity index (χ0) is 12.6. The van der Waals surface area contributed by atoms with Crippen molar-refractivity contribution >= 4 is 0 Å². The van der Waals surface area contributed by atoms with Crippen molar-refractivity contribution in [2.24, 2.45) is 5.92 Å². The highest BCUT2D eigenvalue weighted by molar-refractivity contribution is 5.01. The number of nitrogens with zero attached hydrogens (tertiary/aromatic N) is 3. The first-order chi connectivity index (χ1) is 8.66. The molecule has 0 bridgehead atoms. The molecule has 104 valence electrons. The van der Waals surface area contributed by atoms with Crippen LogP contribution in [0.1, 0.15) is 32.6 Å². The van der Waals surface area contributed by atoms with Crippen LogP contribution in [0.25, 0.3) is 0 Å². The lowest BCUT2D eigenvalue weighted by Gasteiger charge is -2.40. The molecule has 0 aromatic rings. The van der Waals surface area contributed by atoms with E-state index in [-0.39, 0.29) is 0 Å². The van der Waals surface area contributed by atoms with E-state index in [9.17, 15) is 0 Å². The van der Waals surface area contributed by atoms with E-state index in [1.807, 2.05) is 0 Å². The van der Waals surface area contributed by atoms with Crippen LogP contribution in [0, 0.1) is 5.92 Å². The van der Waals surface area contributed by atoms with Crippen LogP contribution in [0.5, 0.6) is 0 Å². The van der Waals surface area contributed by atoms with E-state index in [4.69, 9.17) is 0 Å². The highest BCUT2D eigenvalue weighted by atomic mass is 15.3. The second-order valence-corrected chi connectivity index (χ2v) is 7.03. The zero-order valence-corrected chi connectivity index (χ0v) is 12.2. The Balaban J connectivity index is 1.40. The van der Waals surface area contributed by atoms with Crippen molar-refractivity contribution in [3.63, 3.8) is 0 Å². The molecular weight excluding hydrogens is 222 g/mol. The van der Waals surface area contributed by atoms with Crippen molar-refractivity contribution in [1.82, 2.24) is 14.7 Å². The lowest BCUT2D eigenvalue weighted by atomic mass is 9.96. The molecule has 1 saturated carbocycles. The molecule has 3 heteroatoms. The summed E-state index contributed by atoms with van der Waals surface area (Å²) in [6, 6.07) is 0. The van der Waals surface area contributed by atoms with Crippen molar-refractivity contribution in [3.05, 3.63) is 0 Å². The van der Waals surface area contributed by atoms with E-state index in [2.05, 4.69) is 28.7 Å². The van der Waals surface area contributed by atoms with Gasteiger partial charge in [-0.2, -0.15) is 0 Å². The molecule has 3 rings (SSSR count). The number of likely N-dealkylation sites (tertiary alicyclic amines) is 1. The summed E-state index contributed by atoms with van der Waals surface area (Å²) >= 11 is 0. The zero-order valence-electron chi connectivity index (χ0n) is 12.2. The summed E-state index contributed by atoms with van der Waals surface area (Å²) < 4.78 is 0. The molecular formula is C15H29N3. The summed E-state index contributed by atoms with van der Waals surface area (Å²) in [7, 11) is 2.26.